The predicted octanol–water partition coefficient (Wildman–Crippen LogP) is 7.03. The van der Waals surface area contributed by atoms with Crippen molar-refractivity contribution in [1.82, 2.24) is 0 Å². The lowest BCUT2D eigenvalue weighted by atomic mass is 9.78. The highest BCUT2D eigenvalue weighted by molar-refractivity contribution is 5.84. The van der Waals surface area contributed by atoms with Crippen molar-refractivity contribution in [2.45, 2.75) is 38.5 Å². The van der Waals surface area contributed by atoms with E-state index < -0.39 is 17.5 Å². The van der Waals surface area contributed by atoms with Crippen molar-refractivity contribution in [2.24, 2.45) is 5.92 Å². The van der Waals surface area contributed by atoms with Crippen molar-refractivity contribution >= 4 is 10.8 Å². The zero-order chi connectivity index (χ0) is 20.5. The second-order valence-corrected chi connectivity index (χ2v) is 7.77. The third kappa shape index (κ3) is 4.00. The van der Waals surface area contributed by atoms with Crippen LogP contribution in [-0.4, -0.2) is 0 Å². The van der Waals surface area contributed by atoms with Gasteiger partial charge in [-0.1, -0.05) is 30.0 Å². The summed E-state index contributed by atoms with van der Waals surface area (Å²) < 4.78 is 54.8. The van der Waals surface area contributed by atoms with Gasteiger partial charge in [-0.15, -0.1) is 0 Å². The lowest BCUT2D eigenvalue weighted by Crippen LogP contribution is -2.13. The molecule has 0 aromatic heterocycles. The van der Waals surface area contributed by atoms with Gasteiger partial charge in [-0.05, 0) is 79.3 Å². The van der Waals surface area contributed by atoms with Gasteiger partial charge in [0.2, 0.25) is 0 Å². The molecular formula is C25H20F4. The zero-order valence-electron chi connectivity index (χ0n) is 16.0. The lowest BCUT2D eigenvalue weighted by Gasteiger charge is -2.26. The number of aryl methyl sites for hydroxylation is 1. The summed E-state index contributed by atoms with van der Waals surface area (Å²) in [5.41, 5.74) is 2.34. The van der Waals surface area contributed by atoms with Crippen LogP contribution >= 0.6 is 0 Å². The number of fused-ring (bicyclic) bond motifs is 1. The Morgan fingerprint density at radius 2 is 1.55 bits per heavy atom. The van der Waals surface area contributed by atoms with Gasteiger partial charge < -0.3 is 0 Å². The molecule has 1 aliphatic carbocycles. The molecule has 0 aliphatic heterocycles. The number of hydrogen-bond donors (Lipinski definition) is 0. The molecule has 0 atom stereocenters. The summed E-state index contributed by atoms with van der Waals surface area (Å²) in [5, 5.41) is 0.321. The maximum atomic E-state index is 14.2. The molecule has 148 valence electrons. The zero-order valence-corrected chi connectivity index (χ0v) is 16.0. The van der Waals surface area contributed by atoms with E-state index in [-0.39, 0.29) is 28.4 Å². The fourth-order valence-corrected chi connectivity index (χ4v) is 4.08. The van der Waals surface area contributed by atoms with E-state index in [4.69, 9.17) is 0 Å². The normalized spacial score (nSPS) is 19.1. The molecule has 0 spiro atoms. The third-order valence-corrected chi connectivity index (χ3v) is 5.72. The van der Waals surface area contributed by atoms with Gasteiger partial charge in [-0.2, -0.15) is 0 Å². The predicted molar refractivity (Wildman–Crippen MR) is 107 cm³/mol. The van der Waals surface area contributed by atoms with Gasteiger partial charge in [0.05, 0.1) is 0 Å². The van der Waals surface area contributed by atoms with Crippen LogP contribution in [0.3, 0.4) is 0 Å². The van der Waals surface area contributed by atoms with Gasteiger partial charge in [-0.3, -0.25) is 0 Å². The summed E-state index contributed by atoms with van der Waals surface area (Å²) in [7, 11) is 0. The minimum absolute atomic E-state index is 0.0371. The molecule has 4 rings (SSSR count). The fourth-order valence-electron chi connectivity index (χ4n) is 4.08. The number of hydrogen-bond acceptors (Lipinski definition) is 0. The van der Waals surface area contributed by atoms with E-state index in [0.717, 1.165) is 42.9 Å². The first-order chi connectivity index (χ1) is 13.9. The van der Waals surface area contributed by atoms with Crippen molar-refractivity contribution in [2.75, 3.05) is 0 Å². The molecule has 1 aliphatic rings. The van der Waals surface area contributed by atoms with Crippen molar-refractivity contribution in [3.8, 4) is 11.8 Å². The Morgan fingerprint density at radius 3 is 2.28 bits per heavy atom. The van der Waals surface area contributed by atoms with Crippen molar-refractivity contribution < 1.29 is 17.6 Å². The van der Waals surface area contributed by atoms with Crippen molar-refractivity contribution in [3.63, 3.8) is 0 Å². The Hall–Kier alpha value is -2.80. The van der Waals surface area contributed by atoms with Crippen LogP contribution in [0.4, 0.5) is 17.6 Å². The molecule has 0 saturated heterocycles. The van der Waals surface area contributed by atoms with E-state index in [1.54, 1.807) is 18.2 Å². The number of benzene rings is 3. The molecule has 3 aromatic rings. The summed E-state index contributed by atoms with van der Waals surface area (Å²) in [6.45, 7) is 1.88. The van der Waals surface area contributed by atoms with Crippen LogP contribution in [0.5, 0.6) is 0 Å². The average molecular weight is 396 g/mol. The molecule has 0 bridgehead atoms. The van der Waals surface area contributed by atoms with Crippen LogP contribution < -0.4 is 0 Å². The molecule has 1 fully saturated rings. The van der Waals surface area contributed by atoms with E-state index >= 15 is 0 Å². The van der Waals surface area contributed by atoms with Crippen LogP contribution in [-0.2, 0) is 0 Å². The van der Waals surface area contributed by atoms with Crippen molar-refractivity contribution in [1.29, 1.82) is 0 Å². The molecule has 0 nitrogen and oxygen atoms in total. The highest BCUT2D eigenvalue weighted by atomic mass is 19.2. The summed E-state index contributed by atoms with van der Waals surface area (Å²) in [5.74, 6) is 2.75. The molecule has 1 saturated carbocycles. The quantitative estimate of drug-likeness (QED) is 0.235. The summed E-state index contributed by atoms with van der Waals surface area (Å²) in [4.78, 5) is 0. The molecular weight excluding hydrogens is 376 g/mol. The smallest absolute Gasteiger partial charge is 0.195 e. The van der Waals surface area contributed by atoms with Crippen LogP contribution in [0.25, 0.3) is 10.8 Å². The third-order valence-electron chi connectivity index (χ3n) is 5.72. The molecule has 0 amide bonds. The Morgan fingerprint density at radius 1 is 0.793 bits per heavy atom. The molecule has 0 N–H and O–H groups in total. The highest BCUT2D eigenvalue weighted by Crippen LogP contribution is 2.36. The SMILES string of the molecule is Cc1ccc(C2CCC(C#Cc3ccc4c(F)c(F)c(F)cc4c3)CC2)c(F)c1. The van der Waals surface area contributed by atoms with E-state index in [2.05, 4.69) is 11.8 Å². The molecule has 4 heteroatoms. The first-order valence-electron chi connectivity index (χ1n) is 9.77. The second kappa shape index (κ2) is 7.91. The summed E-state index contributed by atoms with van der Waals surface area (Å²) >= 11 is 0. The second-order valence-electron chi connectivity index (χ2n) is 7.77. The van der Waals surface area contributed by atoms with Gasteiger partial charge in [0, 0.05) is 16.9 Å². The Balaban J connectivity index is 1.47. The fraction of sp³-hybridized carbons (Fsp3) is 0.280. The molecule has 3 aromatic carbocycles. The van der Waals surface area contributed by atoms with Gasteiger partial charge >= 0.3 is 0 Å². The molecule has 0 unspecified atom stereocenters. The Bertz CT molecular complexity index is 1130. The molecule has 0 heterocycles. The van der Waals surface area contributed by atoms with E-state index in [9.17, 15) is 17.6 Å². The largest absolute Gasteiger partial charge is 0.207 e. The van der Waals surface area contributed by atoms with E-state index in [1.807, 2.05) is 19.1 Å². The van der Waals surface area contributed by atoms with E-state index in [1.165, 1.54) is 6.07 Å². The Kier molecular flexibility index (Phi) is 5.32. The van der Waals surface area contributed by atoms with Gasteiger partial charge in [0.25, 0.3) is 0 Å². The first-order valence-corrected chi connectivity index (χ1v) is 9.77. The monoisotopic (exact) mass is 396 g/mol. The number of rotatable bonds is 1. The standard InChI is InChI=1S/C25H20F4/c1-15-2-10-20(22(26)12-15)18-8-5-16(6-9-18)3-4-17-7-11-21-19(13-17)14-23(27)25(29)24(21)28/h2,7,10-14,16,18H,5-6,8-9H2,1H3. The van der Waals surface area contributed by atoms with Crippen LogP contribution in [0.2, 0.25) is 0 Å². The van der Waals surface area contributed by atoms with Crippen molar-refractivity contribution in [3.05, 3.63) is 82.4 Å². The van der Waals surface area contributed by atoms with Crippen LogP contribution in [0, 0.1) is 48.0 Å². The van der Waals surface area contributed by atoms with Gasteiger partial charge in [0.1, 0.15) is 5.82 Å². The maximum Gasteiger partial charge on any atom is 0.195 e. The van der Waals surface area contributed by atoms with Crippen LogP contribution in [0.15, 0.2) is 42.5 Å². The first kappa shape index (κ1) is 19.5. The van der Waals surface area contributed by atoms with Gasteiger partial charge in [0.15, 0.2) is 17.5 Å². The maximum absolute atomic E-state index is 14.2. The topological polar surface area (TPSA) is 0 Å². The average Bonchev–Trinajstić information content (AvgIpc) is 2.71. The molecule has 0 radical (unpaired) electrons. The highest BCUT2D eigenvalue weighted by Gasteiger charge is 2.23. The Labute approximate surface area is 167 Å². The van der Waals surface area contributed by atoms with Crippen LogP contribution in [0.1, 0.15) is 48.3 Å². The van der Waals surface area contributed by atoms with E-state index in [0.29, 0.717) is 5.56 Å². The minimum atomic E-state index is -1.46. The minimum Gasteiger partial charge on any atom is -0.207 e. The van der Waals surface area contributed by atoms with Gasteiger partial charge in [-0.25, -0.2) is 17.6 Å². The number of halogens is 4. The summed E-state index contributed by atoms with van der Waals surface area (Å²) in [6.07, 6.45) is 3.53. The lowest BCUT2D eigenvalue weighted by molar-refractivity contribution is 0.376. The molecule has 29 heavy (non-hydrogen) atoms. The summed E-state index contributed by atoms with van der Waals surface area (Å²) in [6, 6.07) is 11.0.